The van der Waals surface area contributed by atoms with Gasteiger partial charge in [0.05, 0.1) is 11.3 Å². The summed E-state index contributed by atoms with van der Waals surface area (Å²) in [4.78, 5) is 28.5. The highest BCUT2D eigenvalue weighted by Gasteiger charge is 2.30. The number of benzene rings is 2. The Morgan fingerprint density at radius 2 is 1.84 bits per heavy atom. The average molecular weight is 482 g/mol. The van der Waals surface area contributed by atoms with Crippen LogP contribution in [0, 0.1) is 0 Å². The molecular weight excluding hydrogens is 463 g/mol. The number of nitrogens with zero attached hydrogens (tertiary/aromatic N) is 1. The number of rotatable bonds is 8. The highest BCUT2D eigenvalue weighted by atomic mass is 32.2. The quantitative estimate of drug-likeness (QED) is 0.457. The van der Waals surface area contributed by atoms with Gasteiger partial charge in [0.2, 0.25) is 5.91 Å². The predicted octanol–water partition coefficient (Wildman–Crippen LogP) is 4.68. The van der Waals surface area contributed by atoms with Gasteiger partial charge < -0.3 is 15.4 Å². The van der Waals surface area contributed by atoms with Gasteiger partial charge in [-0.1, -0.05) is 59.5 Å². The lowest BCUT2D eigenvalue weighted by Gasteiger charge is -2.10. The molecule has 0 unspecified atom stereocenters. The van der Waals surface area contributed by atoms with E-state index in [9.17, 15) is 22.8 Å². The van der Waals surface area contributed by atoms with Crippen LogP contribution in [0.5, 0.6) is 5.75 Å². The number of ether oxygens (including phenoxy) is 1. The SMILES string of the molecule is CNC(=O)CSc1nc(-c2ccccc2)c(NC(=O)COc2cccc(C(F)(F)F)c2)s1. The first-order valence-corrected chi connectivity index (χ1v) is 11.1. The van der Waals surface area contributed by atoms with Gasteiger partial charge in [0, 0.05) is 12.6 Å². The molecule has 0 fully saturated rings. The van der Waals surface area contributed by atoms with E-state index in [1.807, 2.05) is 30.3 Å². The van der Waals surface area contributed by atoms with E-state index in [1.165, 1.54) is 42.3 Å². The molecule has 2 N–H and O–H groups in total. The molecule has 1 heterocycles. The fourth-order valence-corrected chi connectivity index (χ4v) is 4.47. The van der Waals surface area contributed by atoms with Gasteiger partial charge in [-0.3, -0.25) is 9.59 Å². The third kappa shape index (κ3) is 6.47. The Morgan fingerprint density at radius 3 is 2.53 bits per heavy atom. The Hall–Kier alpha value is -3.05. The van der Waals surface area contributed by atoms with Crippen LogP contribution >= 0.6 is 23.1 Å². The van der Waals surface area contributed by atoms with Crippen molar-refractivity contribution >= 4 is 39.9 Å². The number of thiazole rings is 1. The van der Waals surface area contributed by atoms with E-state index < -0.39 is 24.3 Å². The molecule has 0 aliphatic carbocycles. The minimum Gasteiger partial charge on any atom is -0.484 e. The maximum absolute atomic E-state index is 12.8. The monoisotopic (exact) mass is 481 g/mol. The second-order valence-corrected chi connectivity index (χ2v) is 8.57. The fourth-order valence-electron chi connectivity index (χ4n) is 2.51. The molecule has 2 aromatic carbocycles. The summed E-state index contributed by atoms with van der Waals surface area (Å²) in [5.41, 5.74) is 0.439. The molecule has 0 aliphatic heterocycles. The van der Waals surface area contributed by atoms with Crippen LogP contribution in [0.4, 0.5) is 18.2 Å². The minimum atomic E-state index is -4.50. The lowest BCUT2D eigenvalue weighted by atomic mass is 10.2. The van der Waals surface area contributed by atoms with Crippen molar-refractivity contribution in [3.8, 4) is 17.0 Å². The van der Waals surface area contributed by atoms with Crippen molar-refractivity contribution in [2.75, 3.05) is 24.7 Å². The van der Waals surface area contributed by atoms with Crippen molar-refractivity contribution in [3.05, 3.63) is 60.2 Å². The number of hydrogen-bond acceptors (Lipinski definition) is 6. The third-order valence-electron chi connectivity index (χ3n) is 4.04. The summed E-state index contributed by atoms with van der Waals surface area (Å²) in [7, 11) is 1.54. The van der Waals surface area contributed by atoms with E-state index in [0.29, 0.717) is 15.0 Å². The Kier molecular flexibility index (Phi) is 7.75. The second-order valence-electron chi connectivity index (χ2n) is 6.35. The average Bonchev–Trinajstić information content (AvgIpc) is 3.18. The first kappa shape index (κ1) is 23.6. The lowest BCUT2D eigenvalue weighted by Crippen LogP contribution is -2.20. The summed E-state index contributed by atoms with van der Waals surface area (Å²) < 4.78 is 44.3. The summed E-state index contributed by atoms with van der Waals surface area (Å²) in [6, 6.07) is 13.5. The van der Waals surface area contributed by atoms with Gasteiger partial charge in [-0.2, -0.15) is 13.2 Å². The highest BCUT2D eigenvalue weighted by Crippen LogP contribution is 2.37. The Balaban J connectivity index is 1.72. The van der Waals surface area contributed by atoms with Crippen LogP contribution in [-0.4, -0.2) is 36.2 Å². The van der Waals surface area contributed by atoms with Crippen molar-refractivity contribution in [2.45, 2.75) is 10.5 Å². The number of thioether (sulfide) groups is 1. The first-order valence-electron chi connectivity index (χ1n) is 9.26. The molecule has 0 radical (unpaired) electrons. The van der Waals surface area contributed by atoms with Gasteiger partial charge >= 0.3 is 6.18 Å². The Labute approximate surface area is 190 Å². The molecule has 6 nitrogen and oxygen atoms in total. The molecule has 3 aromatic rings. The first-order chi connectivity index (χ1) is 15.3. The topological polar surface area (TPSA) is 80.3 Å². The summed E-state index contributed by atoms with van der Waals surface area (Å²) in [5, 5.41) is 5.68. The van der Waals surface area contributed by atoms with E-state index in [0.717, 1.165) is 17.7 Å². The number of nitrogens with one attached hydrogen (secondary N) is 2. The zero-order valence-electron chi connectivity index (χ0n) is 16.7. The van der Waals surface area contributed by atoms with Crippen LogP contribution in [0.15, 0.2) is 58.9 Å². The standard InChI is InChI=1S/C21H18F3N3O3S2/c1-25-17(29)12-31-20-27-18(13-6-3-2-4-7-13)19(32-20)26-16(28)11-30-15-9-5-8-14(10-15)21(22,23)24/h2-10H,11-12H2,1H3,(H,25,29)(H,26,28). The van der Waals surface area contributed by atoms with Crippen molar-refractivity contribution < 1.29 is 27.5 Å². The highest BCUT2D eigenvalue weighted by molar-refractivity contribution is 8.01. The smallest absolute Gasteiger partial charge is 0.416 e. The third-order valence-corrected chi connectivity index (χ3v) is 6.16. The molecule has 0 atom stereocenters. The van der Waals surface area contributed by atoms with E-state index in [1.54, 1.807) is 0 Å². The van der Waals surface area contributed by atoms with Gasteiger partial charge in [-0.15, -0.1) is 0 Å². The van der Waals surface area contributed by atoms with Gasteiger partial charge in [0.15, 0.2) is 10.9 Å². The summed E-state index contributed by atoms with van der Waals surface area (Å²) in [6.07, 6.45) is -4.50. The summed E-state index contributed by atoms with van der Waals surface area (Å²) in [6.45, 7) is -0.478. The minimum absolute atomic E-state index is 0.0654. The van der Waals surface area contributed by atoms with Crippen LogP contribution in [0.2, 0.25) is 0 Å². The molecule has 0 aliphatic rings. The second kappa shape index (κ2) is 10.5. The van der Waals surface area contributed by atoms with E-state index in [4.69, 9.17) is 4.74 Å². The predicted molar refractivity (Wildman–Crippen MR) is 118 cm³/mol. The van der Waals surface area contributed by atoms with Gasteiger partial charge in [0.1, 0.15) is 16.4 Å². The number of anilines is 1. The lowest BCUT2D eigenvalue weighted by molar-refractivity contribution is -0.137. The number of aromatic nitrogens is 1. The fraction of sp³-hybridized carbons (Fsp3) is 0.190. The molecule has 1 aromatic heterocycles. The molecule has 0 saturated heterocycles. The van der Waals surface area contributed by atoms with Crippen molar-refractivity contribution in [1.29, 1.82) is 0 Å². The number of alkyl halides is 3. The summed E-state index contributed by atoms with van der Waals surface area (Å²) in [5.74, 6) is -0.605. The Morgan fingerprint density at radius 1 is 1.09 bits per heavy atom. The van der Waals surface area contributed by atoms with Crippen LogP contribution in [-0.2, 0) is 15.8 Å². The van der Waals surface area contributed by atoms with Gasteiger partial charge in [-0.25, -0.2) is 4.98 Å². The molecular formula is C21H18F3N3O3S2. The van der Waals surface area contributed by atoms with Crippen LogP contribution in [0.3, 0.4) is 0 Å². The van der Waals surface area contributed by atoms with Crippen LogP contribution < -0.4 is 15.4 Å². The molecule has 0 saturated carbocycles. The molecule has 0 spiro atoms. The largest absolute Gasteiger partial charge is 0.484 e. The number of amides is 2. The maximum atomic E-state index is 12.8. The van der Waals surface area contributed by atoms with Gasteiger partial charge in [-0.05, 0) is 18.2 Å². The van der Waals surface area contributed by atoms with Crippen molar-refractivity contribution in [1.82, 2.24) is 10.3 Å². The van der Waals surface area contributed by atoms with Crippen molar-refractivity contribution in [3.63, 3.8) is 0 Å². The molecule has 168 valence electrons. The van der Waals surface area contributed by atoms with E-state index in [-0.39, 0.29) is 17.4 Å². The van der Waals surface area contributed by atoms with E-state index >= 15 is 0 Å². The molecule has 2 amide bonds. The molecule has 3 rings (SSSR count). The maximum Gasteiger partial charge on any atom is 0.416 e. The van der Waals surface area contributed by atoms with Crippen LogP contribution in [0.25, 0.3) is 11.3 Å². The zero-order chi connectivity index (χ0) is 23.1. The molecule has 32 heavy (non-hydrogen) atoms. The van der Waals surface area contributed by atoms with E-state index in [2.05, 4.69) is 15.6 Å². The number of halogens is 3. The van der Waals surface area contributed by atoms with Crippen molar-refractivity contribution in [2.24, 2.45) is 0 Å². The summed E-state index contributed by atoms with van der Waals surface area (Å²) >= 11 is 2.43. The van der Waals surface area contributed by atoms with Crippen LogP contribution in [0.1, 0.15) is 5.56 Å². The Bertz CT molecular complexity index is 1090. The number of hydrogen-bond donors (Lipinski definition) is 2. The molecule has 11 heteroatoms. The molecule has 0 bridgehead atoms. The zero-order valence-corrected chi connectivity index (χ0v) is 18.4. The normalized spacial score (nSPS) is 11.1. The number of carbonyl (C=O) groups is 2. The van der Waals surface area contributed by atoms with Gasteiger partial charge in [0.25, 0.3) is 5.91 Å². The number of carbonyl (C=O) groups excluding carboxylic acids is 2.